The van der Waals surface area contributed by atoms with E-state index >= 15 is 0 Å². The van der Waals surface area contributed by atoms with Gasteiger partial charge in [0, 0.05) is 12.0 Å². The molecule has 1 atom stereocenters. The van der Waals surface area contributed by atoms with Crippen LogP contribution in [-0.2, 0) is 5.67 Å². The molecule has 0 N–H and O–H groups in total. The highest BCUT2D eigenvalue weighted by Crippen LogP contribution is 2.28. The largest absolute Gasteiger partial charge is 0.224 e. The van der Waals surface area contributed by atoms with Crippen LogP contribution in [0.4, 0.5) is 4.39 Å². The number of nitriles is 1. The van der Waals surface area contributed by atoms with Crippen molar-refractivity contribution in [3.8, 4) is 6.07 Å². The maximum absolute atomic E-state index is 13.8. The molecular formula is C11H10FN. The Hall–Kier alpha value is -1.62. The van der Waals surface area contributed by atoms with E-state index < -0.39 is 5.67 Å². The fourth-order valence-electron chi connectivity index (χ4n) is 1.13. The minimum Gasteiger partial charge on any atom is -0.222 e. The predicted molar refractivity (Wildman–Crippen MR) is 49.7 cm³/mol. The molecule has 0 heterocycles. The van der Waals surface area contributed by atoms with Crippen LogP contribution in [0.1, 0.15) is 12.0 Å². The molecule has 0 radical (unpaired) electrons. The molecule has 0 saturated carbocycles. The van der Waals surface area contributed by atoms with Crippen molar-refractivity contribution >= 4 is 0 Å². The molecule has 1 rings (SSSR count). The van der Waals surface area contributed by atoms with E-state index in [1.54, 1.807) is 36.4 Å². The summed E-state index contributed by atoms with van der Waals surface area (Å²) >= 11 is 0. The van der Waals surface area contributed by atoms with Crippen molar-refractivity contribution < 1.29 is 4.39 Å². The standard InChI is InChI=1S/C11H10FN/c1-2-8-11(12,9-13)10-6-4-3-5-7-10/h2-7H,1,8H2. The molecule has 1 unspecified atom stereocenters. The summed E-state index contributed by atoms with van der Waals surface area (Å²) in [4.78, 5) is 0. The van der Waals surface area contributed by atoms with Crippen molar-refractivity contribution in [1.82, 2.24) is 0 Å². The molecule has 0 saturated heterocycles. The van der Waals surface area contributed by atoms with Gasteiger partial charge in [-0.2, -0.15) is 5.26 Å². The third kappa shape index (κ3) is 1.94. The smallest absolute Gasteiger partial charge is 0.222 e. The number of alkyl halides is 1. The van der Waals surface area contributed by atoms with Gasteiger partial charge in [0.05, 0.1) is 0 Å². The van der Waals surface area contributed by atoms with Gasteiger partial charge < -0.3 is 0 Å². The van der Waals surface area contributed by atoms with E-state index in [-0.39, 0.29) is 6.42 Å². The summed E-state index contributed by atoms with van der Waals surface area (Å²) in [5.41, 5.74) is -1.54. The average Bonchev–Trinajstić information content (AvgIpc) is 2.19. The Morgan fingerprint density at radius 3 is 2.54 bits per heavy atom. The predicted octanol–water partition coefficient (Wildman–Crippen LogP) is 2.95. The lowest BCUT2D eigenvalue weighted by molar-refractivity contribution is 0.248. The molecule has 1 aromatic carbocycles. The maximum atomic E-state index is 13.8. The molecule has 1 nitrogen and oxygen atoms in total. The molecule has 0 aliphatic carbocycles. The molecule has 0 aromatic heterocycles. The van der Waals surface area contributed by atoms with E-state index in [2.05, 4.69) is 6.58 Å². The van der Waals surface area contributed by atoms with Crippen LogP contribution in [0.5, 0.6) is 0 Å². The number of nitrogens with zero attached hydrogens (tertiary/aromatic N) is 1. The van der Waals surface area contributed by atoms with Gasteiger partial charge in [0.15, 0.2) is 0 Å². The molecule has 66 valence electrons. The molecule has 0 aliphatic heterocycles. The SMILES string of the molecule is C=CCC(F)(C#N)c1ccccc1. The first kappa shape index (κ1) is 9.47. The summed E-state index contributed by atoms with van der Waals surface area (Å²) in [6.45, 7) is 3.43. The van der Waals surface area contributed by atoms with Crippen molar-refractivity contribution in [1.29, 1.82) is 5.26 Å². The van der Waals surface area contributed by atoms with Crippen LogP contribution in [0, 0.1) is 11.3 Å². The first-order valence-electron chi connectivity index (χ1n) is 3.99. The zero-order chi connectivity index (χ0) is 9.73. The van der Waals surface area contributed by atoms with E-state index in [4.69, 9.17) is 5.26 Å². The molecule has 13 heavy (non-hydrogen) atoms. The van der Waals surface area contributed by atoms with Crippen molar-refractivity contribution in [3.63, 3.8) is 0 Å². The van der Waals surface area contributed by atoms with E-state index in [1.807, 2.05) is 0 Å². The van der Waals surface area contributed by atoms with E-state index in [0.717, 1.165) is 0 Å². The molecule has 0 spiro atoms. The Bertz CT molecular complexity index is 326. The molecule has 0 amide bonds. The Labute approximate surface area is 77.1 Å². The number of benzene rings is 1. The summed E-state index contributed by atoms with van der Waals surface area (Å²) in [6.07, 6.45) is 1.43. The summed E-state index contributed by atoms with van der Waals surface area (Å²) in [7, 11) is 0. The lowest BCUT2D eigenvalue weighted by Crippen LogP contribution is -2.16. The number of allylic oxidation sites excluding steroid dienone is 1. The van der Waals surface area contributed by atoms with E-state index in [1.165, 1.54) is 6.08 Å². The highest BCUT2D eigenvalue weighted by Gasteiger charge is 2.29. The lowest BCUT2D eigenvalue weighted by Gasteiger charge is -2.14. The summed E-state index contributed by atoms with van der Waals surface area (Å²) in [5, 5.41) is 8.70. The first-order chi connectivity index (χ1) is 6.23. The van der Waals surface area contributed by atoms with Crippen LogP contribution in [0.3, 0.4) is 0 Å². The molecule has 1 aromatic rings. The lowest BCUT2D eigenvalue weighted by atomic mass is 9.94. The normalized spacial score (nSPS) is 14.2. The second-order valence-corrected chi connectivity index (χ2v) is 2.77. The zero-order valence-corrected chi connectivity index (χ0v) is 7.20. The van der Waals surface area contributed by atoms with Crippen molar-refractivity contribution in [3.05, 3.63) is 48.6 Å². The van der Waals surface area contributed by atoms with Crippen LogP contribution in [0.2, 0.25) is 0 Å². The Kier molecular flexibility index (Phi) is 2.81. The highest BCUT2D eigenvalue weighted by atomic mass is 19.1. The van der Waals surface area contributed by atoms with Crippen molar-refractivity contribution in [2.24, 2.45) is 0 Å². The third-order valence-corrected chi connectivity index (χ3v) is 1.83. The van der Waals surface area contributed by atoms with E-state index in [0.29, 0.717) is 5.56 Å². The van der Waals surface area contributed by atoms with Gasteiger partial charge in [-0.3, -0.25) is 0 Å². The minimum atomic E-state index is -1.93. The van der Waals surface area contributed by atoms with Crippen LogP contribution in [0.25, 0.3) is 0 Å². The quantitative estimate of drug-likeness (QED) is 0.648. The molecule has 2 heteroatoms. The Morgan fingerprint density at radius 2 is 2.08 bits per heavy atom. The van der Waals surface area contributed by atoms with Gasteiger partial charge in [-0.1, -0.05) is 36.4 Å². The van der Waals surface area contributed by atoms with Crippen LogP contribution < -0.4 is 0 Å². The number of hydrogen-bond donors (Lipinski definition) is 0. The summed E-state index contributed by atoms with van der Waals surface area (Å²) < 4.78 is 13.8. The number of halogens is 1. The molecule has 0 aliphatic rings. The summed E-state index contributed by atoms with van der Waals surface area (Å²) in [6, 6.07) is 10.1. The van der Waals surface area contributed by atoms with E-state index in [9.17, 15) is 4.39 Å². The van der Waals surface area contributed by atoms with Gasteiger partial charge >= 0.3 is 0 Å². The monoisotopic (exact) mass is 175 g/mol. The topological polar surface area (TPSA) is 23.8 Å². The van der Waals surface area contributed by atoms with Gasteiger partial charge in [-0.25, -0.2) is 4.39 Å². The van der Waals surface area contributed by atoms with Crippen LogP contribution in [0.15, 0.2) is 43.0 Å². The first-order valence-corrected chi connectivity index (χ1v) is 3.99. The zero-order valence-electron chi connectivity index (χ0n) is 7.20. The van der Waals surface area contributed by atoms with Gasteiger partial charge in [-0.05, 0) is 0 Å². The summed E-state index contributed by atoms with van der Waals surface area (Å²) in [5.74, 6) is 0. The Morgan fingerprint density at radius 1 is 1.46 bits per heavy atom. The Balaban J connectivity index is 3.04. The molecule has 0 bridgehead atoms. The fraction of sp³-hybridized carbons (Fsp3) is 0.182. The van der Waals surface area contributed by atoms with Gasteiger partial charge in [0.1, 0.15) is 6.07 Å². The number of hydrogen-bond acceptors (Lipinski definition) is 1. The fourth-order valence-corrected chi connectivity index (χ4v) is 1.13. The van der Waals surface area contributed by atoms with Gasteiger partial charge in [0.25, 0.3) is 0 Å². The maximum Gasteiger partial charge on any atom is 0.224 e. The average molecular weight is 175 g/mol. The second-order valence-electron chi connectivity index (χ2n) is 2.77. The molecule has 0 fully saturated rings. The minimum absolute atomic E-state index is 0.0213. The van der Waals surface area contributed by atoms with Crippen molar-refractivity contribution in [2.45, 2.75) is 12.1 Å². The second kappa shape index (κ2) is 3.86. The highest BCUT2D eigenvalue weighted by molar-refractivity contribution is 5.29. The van der Waals surface area contributed by atoms with Crippen LogP contribution >= 0.6 is 0 Å². The van der Waals surface area contributed by atoms with Crippen molar-refractivity contribution in [2.75, 3.05) is 0 Å². The van der Waals surface area contributed by atoms with Gasteiger partial charge in [-0.15, -0.1) is 6.58 Å². The number of rotatable bonds is 3. The van der Waals surface area contributed by atoms with Gasteiger partial charge in [0.2, 0.25) is 5.67 Å². The molecular weight excluding hydrogens is 165 g/mol. The van der Waals surface area contributed by atoms with Crippen LogP contribution in [-0.4, -0.2) is 0 Å². The third-order valence-electron chi connectivity index (χ3n) is 1.83.